The molecule has 0 aromatic heterocycles. The van der Waals surface area contributed by atoms with Crippen molar-refractivity contribution in [2.75, 3.05) is 39.0 Å². The van der Waals surface area contributed by atoms with Gasteiger partial charge in [0.15, 0.2) is 0 Å². The zero-order valence-corrected chi connectivity index (χ0v) is 16.2. The second kappa shape index (κ2) is 8.98. The maximum absolute atomic E-state index is 12.9. The zero-order valence-electron chi connectivity index (χ0n) is 15.4. The average molecular weight is 374 g/mol. The van der Waals surface area contributed by atoms with Crippen LogP contribution in [-0.2, 0) is 19.6 Å². The van der Waals surface area contributed by atoms with Gasteiger partial charge in [0.05, 0.1) is 12.2 Å². The monoisotopic (exact) mass is 373 g/mol. The summed E-state index contributed by atoms with van der Waals surface area (Å²) in [4.78, 5) is 28.7. The van der Waals surface area contributed by atoms with Crippen LogP contribution >= 0.6 is 0 Å². The van der Waals surface area contributed by atoms with Crippen molar-refractivity contribution in [2.24, 2.45) is 11.8 Å². The minimum Gasteiger partial charge on any atom is -0.342 e. The summed E-state index contributed by atoms with van der Waals surface area (Å²) >= 11 is 0. The molecule has 1 N–H and O–H groups in total. The average Bonchev–Trinajstić information content (AvgIpc) is 2.59. The summed E-state index contributed by atoms with van der Waals surface area (Å²) in [7, 11) is -3.20. The number of hydrogen-bond acceptors (Lipinski definition) is 4. The zero-order chi connectivity index (χ0) is 18.4. The lowest BCUT2D eigenvalue weighted by Crippen LogP contribution is -2.50. The lowest BCUT2D eigenvalue weighted by Gasteiger charge is -2.38. The van der Waals surface area contributed by atoms with Crippen molar-refractivity contribution < 1.29 is 18.0 Å². The molecule has 2 fully saturated rings. The summed E-state index contributed by atoms with van der Waals surface area (Å²) < 4.78 is 25.1. The van der Waals surface area contributed by atoms with Crippen LogP contribution in [-0.4, -0.2) is 69.0 Å². The maximum atomic E-state index is 12.9. The fourth-order valence-corrected chi connectivity index (χ4v) is 4.27. The van der Waals surface area contributed by atoms with E-state index in [-0.39, 0.29) is 23.7 Å². The van der Waals surface area contributed by atoms with E-state index in [1.54, 1.807) is 0 Å². The largest absolute Gasteiger partial charge is 0.342 e. The summed E-state index contributed by atoms with van der Waals surface area (Å²) in [6.07, 6.45) is 6.06. The Morgan fingerprint density at radius 2 is 1.76 bits per heavy atom. The molecule has 8 heteroatoms. The molecule has 2 unspecified atom stereocenters. The van der Waals surface area contributed by atoms with E-state index in [1.165, 1.54) is 0 Å². The van der Waals surface area contributed by atoms with Gasteiger partial charge in [-0.15, -0.1) is 0 Å². The quantitative estimate of drug-likeness (QED) is 0.746. The highest BCUT2D eigenvalue weighted by Crippen LogP contribution is 2.23. The van der Waals surface area contributed by atoms with E-state index < -0.39 is 10.0 Å². The third-order valence-corrected chi connectivity index (χ3v) is 5.74. The predicted molar refractivity (Wildman–Crippen MR) is 96.4 cm³/mol. The highest BCUT2D eigenvalue weighted by molar-refractivity contribution is 7.88. The van der Waals surface area contributed by atoms with Gasteiger partial charge in [-0.3, -0.25) is 9.59 Å². The molecule has 2 aliphatic rings. The number of hydrogen-bond donors (Lipinski definition) is 1. The summed E-state index contributed by atoms with van der Waals surface area (Å²) in [5.41, 5.74) is 0. The van der Waals surface area contributed by atoms with Crippen LogP contribution < -0.4 is 4.72 Å². The lowest BCUT2D eigenvalue weighted by atomic mass is 9.93. The summed E-state index contributed by atoms with van der Waals surface area (Å²) in [6, 6.07) is 0. The molecule has 0 saturated carbocycles. The van der Waals surface area contributed by atoms with E-state index in [0.29, 0.717) is 26.1 Å². The smallest absolute Gasteiger partial charge is 0.227 e. The minimum absolute atomic E-state index is 0.115. The highest BCUT2D eigenvalue weighted by atomic mass is 32.2. The van der Waals surface area contributed by atoms with Crippen LogP contribution in [0.2, 0.25) is 0 Å². The van der Waals surface area contributed by atoms with Gasteiger partial charge in [0, 0.05) is 39.1 Å². The van der Waals surface area contributed by atoms with E-state index in [4.69, 9.17) is 0 Å². The number of sulfonamides is 1. The fourth-order valence-electron chi connectivity index (χ4n) is 3.74. The number of nitrogens with zero attached hydrogens (tertiary/aromatic N) is 2. The number of amides is 2. The van der Waals surface area contributed by atoms with Gasteiger partial charge < -0.3 is 9.80 Å². The Labute approximate surface area is 151 Å². The standard InChI is InChI=1S/C17H31N3O4S/c1-3-6-16(21)19-9-5-8-15(13-19)17(22)20-10-4-7-14(12-20)11-18-25(2,23)24/h14-15,18H,3-13H2,1-2H3. The minimum atomic E-state index is -3.20. The van der Waals surface area contributed by atoms with Crippen LogP contribution in [0.25, 0.3) is 0 Å². The molecule has 2 saturated heterocycles. The van der Waals surface area contributed by atoms with E-state index in [2.05, 4.69) is 4.72 Å². The molecule has 2 atom stereocenters. The Kier molecular flexibility index (Phi) is 7.25. The molecular formula is C17H31N3O4S. The van der Waals surface area contributed by atoms with Gasteiger partial charge in [-0.25, -0.2) is 13.1 Å². The first-order valence-corrected chi connectivity index (χ1v) is 11.2. The van der Waals surface area contributed by atoms with Crippen molar-refractivity contribution in [3.8, 4) is 0 Å². The number of rotatable bonds is 6. The van der Waals surface area contributed by atoms with Crippen molar-refractivity contribution in [1.82, 2.24) is 14.5 Å². The Hall–Kier alpha value is -1.15. The molecule has 2 amide bonds. The molecule has 2 heterocycles. The molecule has 0 aliphatic carbocycles. The molecule has 0 radical (unpaired) electrons. The van der Waals surface area contributed by atoms with Gasteiger partial charge in [-0.05, 0) is 38.0 Å². The van der Waals surface area contributed by atoms with Crippen molar-refractivity contribution in [1.29, 1.82) is 0 Å². The number of nitrogens with one attached hydrogen (secondary N) is 1. The molecule has 144 valence electrons. The van der Waals surface area contributed by atoms with Gasteiger partial charge in [0.25, 0.3) is 0 Å². The number of likely N-dealkylation sites (tertiary alicyclic amines) is 2. The molecule has 0 bridgehead atoms. The second-order valence-electron chi connectivity index (χ2n) is 7.34. The molecule has 0 spiro atoms. The maximum Gasteiger partial charge on any atom is 0.227 e. The Bertz CT molecular complexity index is 578. The van der Waals surface area contributed by atoms with Crippen molar-refractivity contribution in [3.05, 3.63) is 0 Å². The van der Waals surface area contributed by atoms with Crippen LogP contribution in [0.1, 0.15) is 45.4 Å². The highest BCUT2D eigenvalue weighted by Gasteiger charge is 2.33. The molecule has 0 aromatic carbocycles. The SMILES string of the molecule is CCCC(=O)N1CCCC(C(=O)N2CCCC(CNS(C)(=O)=O)C2)C1. The molecule has 25 heavy (non-hydrogen) atoms. The second-order valence-corrected chi connectivity index (χ2v) is 9.18. The van der Waals surface area contributed by atoms with Crippen molar-refractivity contribution in [2.45, 2.75) is 45.4 Å². The predicted octanol–water partition coefficient (Wildman–Crippen LogP) is 0.813. The van der Waals surface area contributed by atoms with E-state index in [0.717, 1.165) is 51.4 Å². The molecular weight excluding hydrogens is 342 g/mol. The first kappa shape index (κ1) is 20.2. The van der Waals surface area contributed by atoms with Gasteiger partial charge in [-0.2, -0.15) is 0 Å². The Morgan fingerprint density at radius 1 is 1.08 bits per heavy atom. The first-order chi connectivity index (χ1) is 11.8. The van der Waals surface area contributed by atoms with E-state index in [1.807, 2.05) is 16.7 Å². The normalized spacial score (nSPS) is 25.0. The summed E-state index contributed by atoms with van der Waals surface area (Å²) in [6.45, 7) is 4.98. The van der Waals surface area contributed by atoms with Crippen LogP contribution in [0.15, 0.2) is 0 Å². The number of carbonyl (C=O) groups excluding carboxylic acids is 2. The van der Waals surface area contributed by atoms with Crippen molar-refractivity contribution in [3.63, 3.8) is 0 Å². The first-order valence-electron chi connectivity index (χ1n) is 9.31. The van der Waals surface area contributed by atoms with Gasteiger partial charge in [0.1, 0.15) is 0 Å². The summed E-state index contributed by atoms with van der Waals surface area (Å²) in [5, 5.41) is 0. The van der Waals surface area contributed by atoms with Crippen molar-refractivity contribution >= 4 is 21.8 Å². The van der Waals surface area contributed by atoms with E-state index in [9.17, 15) is 18.0 Å². The molecule has 7 nitrogen and oxygen atoms in total. The Balaban J connectivity index is 1.89. The van der Waals surface area contributed by atoms with Gasteiger partial charge in [-0.1, -0.05) is 6.92 Å². The van der Waals surface area contributed by atoms with Crippen LogP contribution in [0.5, 0.6) is 0 Å². The molecule has 2 aliphatic heterocycles. The summed E-state index contributed by atoms with van der Waals surface area (Å²) in [5.74, 6) is 0.317. The third-order valence-electron chi connectivity index (χ3n) is 5.05. The van der Waals surface area contributed by atoms with Crippen LogP contribution in [0, 0.1) is 11.8 Å². The molecule has 2 rings (SSSR count). The topological polar surface area (TPSA) is 86.8 Å². The number of carbonyl (C=O) groups is 2. The van der Waals surface area contributed by atoms with E-state index >= 15 is 0 Å². The van der Waals surface area contributed by atoms with Crippen LogP contribution in [0.3, 0.4) is 0 Å². The van der Waals surface area contributed by atoms with Crippen LogP contribution in [0.4, 0.5) is 0 Å². The molecule has 0 aromatic rings. The fraction of sp³-hybridized carbons (Fsp3) is 0.882. The lowest BCUT2D eigenvalue weighted by molar-refractivity contribution is -0.142. The van der Waals surface area contributed by atoms with Gasteiger partial charge >= 0.3 is 0 Å². The van der Waals surface area contributed by atoms with Gasteiger partial charge in [0.2, 0.25) is 21.8 Å². The Morgan fingerprint density at radius 3 is 2.44 bits per heavy atom. The third kappa shape index (κ3) is 6.26. The number of piperidine rings is 2.